The topological polar surface area (TPSA) is 58.2 Å². The van der Waals surface area contributed by atoms with Crippen LogP contribution in [-0.2, 0) is 17.8 Å². The quantitative estimate of drug-likeness (QED) is 0.595. The smallest absolute Gasteiger partial charge is 0.259 e. The van der Waals surface area contributed by atoms with E-state index in [-0.39, 0.29) is 6.61 Å². The van der Waals surface area contributed by atoms with E-state index >= 15 is 0 Å². The van der Waals surface area contributed by atoms with Crippen molar-refractivity contribution in [2.75, 3.05) is 6.61 Å². The van der Waals surface area contributed by atoms with Crippen molar-refractivity contribution in [2.24, 2.45) is 0 Å². The highest BCUT2D eigenvalue weighted by Crippen LogP contribution is 2.11. The van der Waals surface area contributed by atoms with Crippen molar-refractivity contribution in [2.45, 2.75) is 32.9 Å². The fourth-order valence-electron chi connectivity index (χ4n) is 2.47. The first-order valence-corrected chi connectivity index (χ1v) is 7.04. The molecule has 0 spiro atoms. The maximum Gasteiger partial charge on any atom is 0.259 e. The Morgan fingerprint density at radius 3 is 2.67 bits per heavy atom. The van der Waals surface area contributed by atoms with Gasteiger partial charge in [-0.15, -0.1) is 0 Å². The maximum absolute atomic E-state index is 10.3. The predicted molar refractivity (Wildman–Crippen MR) is 75.6 cm³/mol. The number of carboxylic acid groups (broad SMARTS) is 1. The number of nitrogens with zero attached hydrogens (tertiary/aromatic N) is 2. The van der Waals surface area contributed by atoms with Gasteiger partial charge < -0.3 is 14.6 Å². The minimum absolute atomic E-state index is 0.0993. The summed E-state index contributed by atoms with van der Waals surface area (Å²) in [6.45, 7) is 5.62. The number of aromatic nitrogens is 2. The summed E-state index contributed by atoms with van der Waals surface area (Å²) in [4.78, 5) is 10.3. The van der Waals surface area contributed by atoms with Crippen molar-refractivity contribution in [3.63, 3.8) is 0 Å². The molecule has 1 aromatic carbocycles. The first-order chi connectivity index (χ1) is 10.1. The highest BCUT2D eigenvalue weighted by atomic mass is 16.7. The zero-order chi connectivity index (χ0) is 15.2. The molecule has 0 amide bonds. The molecule has 0 aliphatic heterocycles. The van der Waals surface area contributed by atoms with Gasteiger partial charge in [-0.2, -0.15) is 0 Å². The fraction of sp³-hybridized carbons (Fsp3) is 0.375. The highest BCUT2D eigenvalue weighted by molar-refractivity contribution is 5.53. The number of rotatable bonds is 6. The standard InChI is InChI=1S/C16H20N2O3/c1-13(2)15-17(10-11-21-16(19)20)8-9-18(15)12-14-6-4-3-5-7-14/h3-9,13H,10-12H2,1-2H3. The second-order valence-corrected chi connectivity index (χ2v) is 5.22. The van der Waals surface area contributed by atoms with E-state index in [1.807, 2.05) is 35.2 Å². The molecule has 1 heterocycles. The molecule has 0 fully saturated rings. The fourth-order valence-corrected chi connectivity index (χ4v) is 2.47. The third-order valence-electron chi connectivity index (χ3n) is 3.28. The molecular formula is C16H20N2O3. The third kappa shape index (κ3) is 4.08. The second kappa shape index (κ2) is 6.92. The average Bonchev–Trinajstić information content (AvgIpc) is 2.82. The summed E-state index contributed by atoms with van der Waals surface area (Å²) in [5.41, 5.74) is 1.23. The highest BCUT2D eigenvalue weighted by Gasteiger charge is 2.20. The predicted octanol–water partition coefficient (Wildman–Crippen LogP) is 1.31. The molecule has 0 bridgehead atoms. The summed E-state index contributed by atoms with van der Waals surface area (Å²) in [6.07, 6.45) is 2.49. The molecule has 0 unspecified atom stereocenters. The van der Waals surface area contributed by atoms with E-state index in [0.717, 1.165) is 12.4 Å². The maximum atomic E-state index is 10.3. The van der Waals surface area contributed by atoms with Gasteiger partial charge in [0.15, 0.2) is 0 Å². The second-order valence-electron chi connectivity index (χ2n) is 5.22. The summed E-state index contributed by atoms with van der Waals surface area (Å²) in [6, 6.07) is 10.2. The van der Waals surface area contributed by atoms with E-state index in [1.54, 1.807) is 0 Å². The first kappa shape index (κ1) is 15.1. The van der Waals surface area contributed by atoms with Crippen molar-refractivity contribution in [1.82, 2.24) is 4.57 Å². The summed E-state index contributed by atoms with van der Waals surface area (Å²) >= 11 is 0. The van der Waals surface area contributed by atoms with E-state index in [9.17, 15) is 9.90 Å². The summed E-state index contributed by atoms with van der Waals surface area (Å²) in [5, 5.41) is 10.3. The Hall–Kier alpha value is -2.30. The Labute approximate surface area is 124 Å². The molecule has 5 heteroatoms. The summed E-state index contributed by atoms with van der Waals surface area (Å²) in [7, 11) is 0. The molecule has 0 saturated heterocycles. The molecule has 2 rings (SSSR count). The first-order valence-electron chi connectivity index (χ1n) is 7.04. The van der Waals surface area contributed by atoms with Gasteiger partial charge in [0.2, 0.25) is 0 Å². The van der Waals surface area contributed by atoms with Gasteiger partial charge in [0.25, 0.3) is 12.0 Å². The van der Waals surface area contributed by atoms with Crippen molar-refractivity contribution in [3.8, 4) is 0 Å². The Morgan fingerprint density at radius 2 is 2.05 bits per heavy atom. The zero-order valence-corrected chi connectivity index (χ0v) is 12.4. The Kier molecular flexibility index (Phi) is 4.98. The van der Waals surface area contributed by atoms with E-state index < -0.39 is 6.16 Å². The number of hydrogen-bond acceptors (Lipinski definition) is 3. The van der Waals surface area contributed by atoms with Gasteiger partial charge in [0.1, 0.15) is 25.5 Å². The minimum Gasteiger partial charge on any atom is -0.546 e. The van der Waals surface area contributed by atoms with E-state index in [4.69, 9.17) is 0 Å². The van der Waals surface area contributed by atoms with Crippen LogP contribution in [0.5, 0.6) is 0 Å². The van der Waals surface area contributed by atoms with Gasteiger partial charge in [-0.3, -0.25) is 0 Å². The lowest BCUT2D eigenvalue weighted by Gasteiger charge is -2.10. The molecule has 0 aliphatic rings. The SMILES string of the molecule is CC(C)c1n(CCOC(=O)[O-])cc[n+]1Cc1ccccc1. The van der Waals surface area contributed by atoms with Crippen molar-refractivity contribution in [1.29, 1.82) is 0 Å². The van der Waals surface area contributed by atoms with Crippen molar-refractivity contribution in [3.05, 3.63) is 54.1 Å². The Bertz CT molecular complexity index is 591. The van der Waals surface area contributed by atoms with Crippen LogP contribution in [0.1, 0.15) is 31.2 Å². The number of hydrogen-bond donors (Lipinski definition) is 0. The number of benzene rings is 1. The normalized spacial score (nSPS) is 10.8. The van der Waals surface area contributed by atoms with Gasteiger partial charge in [0, 0.05) is 0 Å². The van der Waals surface area contributed by atoms with Crippen LogP contribution in [0.3, 0.4) is 0 Å². The molecule has 0 aliphatic carbocycles. The summed E-state index contributed by atoms with van der Waals surface area (Å²) < 4.78 is 8.69. The summed E-state index contributed by atoms with van der Waals surface area (Å²) in [5.74, 6) is 1.47. The number of ether oxygens (including phenoxy) is 1. The van der Waals surface area contributed by atoms with Crippen LogP contribution in [0.4, 0.5) is 4.79 Å². The molecule has 5 nitrogen and oxygen atoms in total. The van der Waals surface area contributed by atoms with Crippen LogP contribution < -0.4 is 9.67 Å². The van der Waals surface area contributed by atoms with Crippen molar-refractivity contribution < 1.29 is 19.2 Å². The Morgan fingerprint density at radius 1 is 1.33 bits per heavy atom. The average molecular weight is 288 g/mol. The van der Waals surface area contributed by atoms with Crippen LogP contribution in [0.2, 0.25) is 0 Å². The molecular weight excluding hydrogens is 268 g/mol. The van der Waals surface area contributed by atoms with Crippen LogP contribution in [0.15, 0.2) is 42.7 Å². The molecule has 0 atom stereocenters. The molecule has 1 aromatic heterocycles. The van der Waals surface area contributed by atoms with Gasteiger partial charge in [-0.1, -0.05) is 44.2 Å². The number of carbonyl (C=O) groups excluding carboxylic acids is 1. The molecule has 2 aromatic rings. The van der Waals surface area contributed by atoms with Gasteiger partial charge in [-0.05, 0) is 5.56 Å². The van der Waals surface area contributed by atoms with Crippen molar-refractivity contribution >= 4 is 6.16 Å². The van der Waals surface area contributed by atoms with Gasteiger partial charge in [0.05, 0.1) is 12.5 Å². The lowest BCUT2D eigenvalue weighted by atomic mass is 10.2. The van der Waals surface area contributed by atoms with Crippen LogP contribution in [-0.4, -0.2) is 17.3 Å². The lowest BCUT2D eigenvalue weighted by molar-refractivity contribution is -0.696. The van der Waals surface area contributed by atoms with Gasteiger partial charge in [-0.25, -0.2) is 9.13 Å². The molecule has 0 N–H and O–H groups in total. The largest absolute Gasteiger partial charge is 0.546 e. The van der Waals surface area contributed by atoms with E-state index in [1.165, 1.54) is 5.56 Å². The zero-order valence-electron chi connectivity index (χ0n) is 12.4. The van der Waals surface area contributed by atoms with Gasteiger partial charge >= 0.3 is 0 Å². The third-order valence-corrected chi connectivity index (χ3v) is 3.28. The van der Waals surface area contributed by atoms with Crippen LogP contribution >= 0.6 is 0 Å². The molecule has 112 valence electrons. The van der Waals surface area contributed by atoms with Crippen LogP contribution in [0, 0.1) is 0 Å². The Balaban J connectivity index is 2.14. The molecule has 0 radical (unpaired) electrons. The lowest BCUT2D eigenvalue weighted by Crippen LogP contribution is -2.38. The van der Waals surface area contributed by atoms with Crippen LogP contribution in [0.25, 0.3) is 0 Å². The number of carbonyl (C=O) groups is 1. The number of imidazole rings is 1. The molecule has 0 saturated carbocycles. The van der Waals surface area contributed by atoms with E-state index in [0.29, 0.717) is 12.5 Å². The monoisotopic (exact) mass is 288 g/mol. The minimum atomic E-state index is -1.48. The molecule has 21 heavy (non-hydrogen) atoms. The van der Waals surface area contributed by atoms with E-state index in [2.05, 4.69) is 35.3 Å².